The molecule has 0 spiro atoms. The minimum Gasteiger partial charge on any atom is -0.493 e. The molecule has 1 heterocycles. The molecule has 1 aromatic heterocycles. The standard InChI is InChI=1S/C21H24N4O3/c1-6-25-14(3)22-17-11-16(7-9-18(17)25)21(26)24-23-13(2)15-8-10-19(27-4)20(12-15)28-5/h7-12H,6H2,1-5H3,(H,24,26)/b23-13-. The van der Waals surface area contributed by atoms with E-state index in [4.69, 9.17) is 9.47 Å². The second-order valence-electron chi connectivity index (χ2n) is 6.31. The summed E-state index contributed by atoms with van der Waals surface area (Å²) in [5, 5.41) is 4.22. The Labute approximate surface area is 164 Å². The van der Waals surface area contributed by atoms with Crippen LogP contribution in [0.5, 0.6) is 11.5 Å². The number of nitrogens with one attached hydrogen (secondary N) is 1. The summed E-state index contributed by atoms with van der Waals surface area (Å²) in [4.78, 5) is 17.0. The Morgan fingerprint density at radius 2 is 1.82 bits per heavy atom. The molecule has 0 aliphatic carbocycles. The number of fused-ring (bicyclic) bond motifs is 1. The predicted octanol–water partition coefficient (Wildman–Crippen LogP) is 3.54. The van der Waals surface area contributed by atoms with Gasteiger partial charge in [-0.15, -0.1) is 0 Å². The number of ether oxygens (including phenoxy) is 2. The average Bonchev–Trinajstić information content (AvgIpc) is 3.04. The van der Waals surface area contributed by atoms with Crippen molar-refractivity contribution >= 4 is 22.7 Å². The summed E-state index contributed by atoms with van der Waals surface area (Å²) in [5.41, 5.74) is 6.41. The van der Waals surface area contributed by atoms with E-state index in [9.17, 15) is 4.79 Å². The number of aryl methyl sites for hydroxylation is 2. The Balaban J connectivity index is 1.80. The molecule has 0 saturated heterocycles. The molecule has 28 heavy (non-hydrogen) atoms. The van der Waals surface area contributed by atoms with Gasteiger partial charge in [0, 0.05) is 17.7 Å². The lowest BCUT2D eigenvalue weighted by Crippen LogP contribution is -2.19. The van der Waals surface area contributed by atoms with Crippen LogP contribution in [0.4, 0.5) is 0 Å². The summed E-state index contributed by atoms with van der Waals surface area (Å²) in [6.07, 6.45) is 0. The third kappa shape index (κ3) is 3.69. The number of nitrogens with zero attached hydrogens (tertiary/aromatic N) is 3. The van der Waals surface area contributed by atoms with Gasteiger partial charge < -0.3 is 14.0 Å². The van der Waals surface area contributed by atoms with Crippen molar-refractivity contribution < 1.29 is 14.3 Å². The summed E-state index contributed by atoms with van der Waals surface area (Å²) >= 11 is 0. The zero-order valence-corrected chi connectivity index (χ0v) is 16.7. The maximum Gasteiger partial charge on any atom is 0.271 e. The Kier molecular flexibility index (Phi) is 5.63. The summed E-state index contributed by atoms with van der Waals surface area (Å²) in [6, 6.07) is 11.0. The fourth-order valence-corrected chi connectivity index (χ4v) is 3.12. The first-order chi connectivity index (χ1) is 13.5. The van der Waals surface area contributed by atoms with Crippen molar-refractivity contribution in [2.24, 2.45) is 5.10 Å². The molecule has 0 radical (unpaired) electrons. The van der Waals surface area contributed by atoms with Crippen molar-refractivity contribution in [1.29, 1.82) is 0 Å². The highest BCUT2D eigenvalue weighted by molar-refractivity contribution is 6.02. The summed E-state index contributed by atoms with van der Waals surface area (Å²) in [6.45, 7) is 6.68. The van der Waals surface area contributed by atoms with Crippen molar-refractivity contribution in [2.45, 2.75) is 27.3 Å². The number of benzene rings is 2. The summed E-state index contributed by atoms with van der Waals surface area (Å²) in [5.74, 6) is 1.88. The van der Waals surface area contributed by atoms with Gasteiger partial charge in [-0.05, 0) is 57.2 Å². The highest BCUT2D eigenvalue weighted by atomic mass is 16.5. The van der Waals surface area contributed by atoms with Crippen molar-refractivity contribution in [3.63, 3.8) is 0 Å². The van der Waals surface area contributed by atoms with Crippen LogP contribution < -0.4 is 14.9 Å². The monoisotopic (exact) mass is 380 g/mol. The molecule has 7 nitrogen and oxygen atoms in total. The van der Waals surface area contributed by atoms with Gasteiger partial charge in [0.2, 0.25) is 0 Å². The normalized spacial score (nSPS) is 11.5. The lowest BCUT2D eigenvalue weighted by molar-refractivity contribution is 0.0955. The fourth-order valence-electron chi connectivity index (χ4n) is 3.12. The van der Waals surface area contributed by atoms with Gasteiger partial charge in [-0.2, -0.15) is 5.10 Å². The van der Waals surface area contributed by atoms with Crippen LogP contribution in [0.15, 0.2) is 41.5 Å². The van der Waals surface area contributed by atoms with E-state index >= 15 is 0 Å². The molecule has 0 bridgehead atoms. The number of hydrogen-bond acceptors (Lipinski definition) is 5. The number of imidazole rings is 1. The lowest BCUT2D eigenvalue weighted by Gasteiger charge is -2.09. The molecule has 1 N–H and O–H groups in total. The summed E-state index contributed by atoms with van der Waals surface area (Å²) < 4.78 is 12.7. The molecule has 3 rings (SSSR count). The Morgan fingerprint density at radius 3 is 2.50 bits per heavy atom. The van der Waals surface area contributed by atoms with Gasteiger partial charge >= 0.3 is 0 Å². The number of rotatable bonds is 6. The zero-order chi connectivity index (χ0) is 20.3. The summed E-state index contributed by atoms with van der Waals surface area (Å²) in [7, 11) is 3.16. The van der Waals surface area contributed by atoms with Crippen molar-refractivity contribution in [2.75, 3.05) is 14.2 Å². The lowest BCUT2D eigenvalue weighted by atomic mass is 10.1. The van der Waals surface area contributed by atoms with Crippen LogP contribution in [-0.4, -0.2) is 35.4 Å². The molecule has 1 amide bonds. The molecular weight excluding hydrogens is 356 g/mol. The van der Waals surface area contributed by atoms with Gasteiger partial charge in [-0.25, -0.2) is 10.4 Å². The third-order valence-electron chi connectivity index (χ3n) is 4.64. The van der Waals surface area contributed by atoms with E-state index in [1.54, 1.807) is 32.4 Å². The number of aromatic nitrogens is 2. The highest BCUT2D eigenvalue weighted by Crippen LogP contribution is 2.27. The smallest absolute Gasteiger partial charge is 0.271 e. The topological polar surface area (TPSA) is 77.7 Å². The maximum absolute atomic E-state index is 12.5. The highest BCUT2D eigenvalue weighted by Gasteiger charge is 2.11. The van der Waals surface area contributed by atoms with Gasteiger partial charge in [0.15, 0.2) is 11.5 Å². The molecule has 0 fully saturated rings. The van der Waals surface area contributed by atoms with E-state index < -0.39 is 0 Å². The molecule has 146 valence electrons. The molecule has 7 heteroatoms. The molecule has 3 aromatic rings. The first kappa shape index (κ1) is 19.4. The Morgan fingerprint density at radius 1 is 1.11 bits per heavy atom. The van der Waals surface area contributed by atoms with Gasteiger partial charge in [0.05, 0.1) is 31.0 Å². The quantitative estimate of drug-likeness (QED) is 0.524. The number of hydrogen-bond donors (Lipinski definition) is 1. The molecular formula is C21H24N4O3. The minimum absolute atomic E-state index is 0.287. The van der Waals surface area contributed by atoms with Crippen LogP contribution in [0, 0.1) is 6.92 Å². The molecule has 0 unspecified atom stereocenters. The van der Waals surface area contributed by atoms with Gasteiger partial charge in [0.1, 0.15) is 5.82 Å². The van der Waals surface area contributed by atoms with Gasteiger partial charge in [-0.1, -0.05) is 0 Å². The van der Waals surface area contributed by atoms with Crippen molar-refractivity contribution in [3.8, 4) is 11.5 Å². The predicted molar refractivity (Wildman–Crippen MR) is 109 cm³/mol. The average molecular weight is 380 g/mol. The van der Waals surface area contributed by atoms with E-state index in [1.807, 2.05) is 32.0 Å². The maximum atomic E-state index is 12.5. The van der Waals surface area contributed by atoms with Crippen molar-refractivity contribution in [3.05, 3.63) is 53.3 Å². The van der Waals surface area contributed by atoms with Crippen LogP contribution in [0.2, 0.25) is 0 Å². The number of hydrazone groups is 1. The largest absolute Gasteiger partial charge is 0.493 e. The van der Waals surface area contributed by atoms with Crippen LogP contribution in [-0.2, 0) is 6.54 Å². The van der Waals surface area contributed by atoms with E-state index in [2.05, 4.69) is 27.0 Å². The van der Waals surface area contributed by atoms with Gasteiger partial charge in [-0.3, -0.25) is 4.79 Å². The SMILES string of the molecule is CCn1c(C)nc2cc(C(=O)N/N=C(/C)c3ccc(OC)c(OC)c3)ccc21. The molecule has 0 atom stereocenters. The number of methoxy groups -OCH3 is 2. The molecule has 0 aliphatic heterocycles. The fraction of sp³-hybridized carbons (Fsp3) is 0.286. The zero-order valence-electron chi connectivity index (χ0n) is 16.7. The van der Waals surface area contributed by atoms with Crippen LogP contribution >= 0.6 is 0 Å². The Hall–Kier alpha value is -3.35. The number of carbonyl (C=O) groups is 1. The number of amides is 1. The molecule has 2 aromatic carbocycles. The van der Waals surface area contributed by atoms with Gasteiger partial charge in [0.25, 0.3) is 5.91 Å². The van der Waals surface area contributed by atoms with E-state index in [1.165, 1.54) is 0 Å². The third-order valence-corrected chi connectivity index (χ3v) is 4.64. The minimum atomic E-state index is -0.287. The first-order valence-electron chi connectivity index (χ1n) is 9.02. The van der Waals surface area contributed by atoms with E-state index in [-0.39, 0.29) is 5.91 Å². The van der Waals surface area contributed by atoms with Crippen LogP contribution in [0.25, 0.3) is 11.0 Å². The number of carbonyl (C=O) groups excluding carboxylic acids is 1. The first-order valence-corrected chi connectivity index (χ1v) is 9.02. The van der Waals surface area contributed by atoms with E-state index in [0.717, 1.165) is 29.0 Å². The molecule has 0 aliphatic rings. The Bertz CT molecular complexity index is 1050. The molecule has 0 saturated carbocycles. The second-order valence-corrected chi connectivity index (χ2v) is 6.31. The van der Waals surface area contributed by atoms with Crippen LogP contribution in [0.1, 0.15) is 35.6 Å². The van der Waals surface area contributed by atoms with E-state index in [0.29, 0.717) is 22.8 Å². The van der Waals surface area contributed by atoms with Crippen molar-refractivity contribution in [1.82, 2.24) is 15.0 Å². The second kappa shape index (κ2) is 8.12. The van der Waals surface area contributed by atoms with Crippen LogP contribution in [0.3, 0.4) is 0 Å².